The average Bonchev–Trinajstić information content (AvgIpc) is 3.35. The first-order chi connectivity index (χ1) is 13.7. The van der Waals surface area contributed by atoms with Gasteiger partial charge in [0, 0.05) is 32.4 Å². The van der Waals surface area contributed by atoms with E-state index >= 15 is 0 Å². The highest BCUT2D eigenvalue weighted by Gasteiger charge is 2.44. The van der Waals surface area contributed by atoms with Crippen LogP contribution in [-0.4, -0.2) is 39.4 Å². The molecule has 4 nitrogen and oxygen atoms in total. The second kappa shape index (κ2) is 6.91. The van der Waals surface area contributed by atoms with Crippen LogP contribution in [0.25, 0.3) is 0 Å². The zero-order chi connectivity index (χ0) is 19.1. The summed E-state index contributed by atoms with van der Waals surface area (Å²) in [4.78, 5) is 17.6. The van der Waals surface area contributed by atoms with Crippen LogP contribution in [0.15, 0.2) is 72.9 Å². The number of hydrogen-bond acceptors (Lipinski definition) is 2. The predicted octanol–water partition coefficient (Wildman–Crippen LogP) is 3.71. The highest BCUT2D eigenvalue weighted by atomic mass is 19.1. The summed E-state index contributed by atoms with van der Waals surface area (Å²) in [6, 6.07) is 21.1. The number of benzene rings is 2. The van der Waals surface area contributed by atoms with Gasteiger partial charge in [-0.2, -0.15) is 0 Å². The van der Waals surface area contributed by atoms with Crippen molar-refractivity contribution in [2.75, 3.05) is 13.1 Å². The molecule has 1 aromatic heterocycles. The zero-order valence-electron chi connectivity index (χ0n) is 15.5. The molecular weight excluding hydrogens is 353 g/mol. The van der Waals surface area contributed by atoms with Crippen LogP contribution in [0.1, 0.15) is 27.7 Å². The van der Waals surface area contributed by atoms with Crippen molar-refractivity contribution in [3.8, 4) is 0 Å². The number of nitrogens with zero attached hydrogens (tertiary/aromatic N) is 3. The predicted molar refractivity (Wildman–Crippen MR) is 105 cm³/mol. The number of likely N-dealkylation sites (tertiary alicyclic amines) is 1. The van der Waals surface area contributed by atoms with Crippen LogP contribution in [0.2, 0.25) is 0 Å². The van der Waals surface area contributed by atoms with E-state index in [-0.39, 0.29) is 23.8 Å². The lowest BCUT2D eigenvalue weighted by Crippen LogP contribution is -2.49. The molecule has 1 saturated heterocycles. The van der Waals surface area contributed by atoms with Gasteiger partial charge in [-0.15, -0.1) is 0 Å². The van der Waals surface area contributed by atoms with Gasteiger partial charge in [-0.1, -0.05) is 42.5 Å². The molecule has 28 heavy (non-hydrogen) atoms. The van der Waals surface area contributed by atoms with E-state index in [1.807, 2.05) is 53.6 Å². The minimum Gasteiger partial charge on any atom is -0.337 e. The largest absolute Gasteiger partial charge is 0.337 e. The van der Waals surface area contributed by atoms with Crippen LogP contribution >= 0.6 is 0 Å². The number of fused-ring (bicyclic) bond motifs is 3. The number of amides is 1. The fraction of sp³-hybridized carbons (Fsp3) is 0.261. The van der Waals surface area contributed by atoms with E-state index in [1.54, 1.807) is 0 Å². The van der Waals surface area contributed by atoms with Crippen molar-refractivity contribution >= 4 is 5.91 Å². The minimum absolute atomic E-state index is 0.0961. The van der Waals surface area contributed by atoms with E-state index in [9.17, 15) is 9.18 Å². The van der Waals surface area contributed by atoms with Gasteiger partial charge in [0.05, 0.1) is 12.1 Å². The van der Waals surface area contributed by atoms with Gasteiger partial charge in [-0.25, -0.2) is 4.39 Å². The molecule has 5 rings (SSSR count). The first kappa shape index (κ1) is 17.2. The number of carbonyl (C=O) groups is 1. The van der Waals surface area contributed by atoms with Crippen molar-refractivity contribution in [2.24, 2.45) is 0 Å². The standard InChI is InChI=1S/C23H22FN3O/c24-19-10-8-18(9-11-19)13-25-15-21-22(16-25)27(14-17-5-2-1-3-6-17)23(28)20-7-4-12-26(20)21/h1-12,21-22H,13-16H2/t21-,22+/m0/s1. The van der Waals surface area contributed by atoms with Crippen LogP contribution in [-0.2, 0) is 13.1 Å². The van der Waals surface area contributed by atoms with Gasteiger partial charge in [0.15, 0.2) is 0 Å². The Morgan fingerprint density at radius 1 is 0.821 bits per heavy atom. The Morgan fingerprint density at radius 2 is 1.54 bits per heavy atom. The maximum Gasteiger partial charge on any atom is 0.271 e. The van der Waals surface area contributed by atoms with E-state index in [1.165, 1.54) is 12.1 Å². The van der Waals surface area contributed by atoms with Gasteiger partial charge in [0.25, 0.3) is 5.91 Å². The van der Waals surface area contributed by atoms with Gasteiger partial charge in [0.1, 0.15) is 11.5 Å². The summed E-state index contributed by atoms with van der Waals surface area (Å²) >= 11 is 0. The molecule has 1 fully saturated rings. The monoisotopic (exact) mass is 375 g/mol. The second-order valence-electron chi connectivity index (χ2n) is 7.67. The molecule has 0 radical (unpaired) electrons. The van der Waals surface area contributed by atoms with Crippen molar-refractivity contribution in [3.05, 3.63) is 95.6 Å². The topological polar surface area (TPSA) is 28.5 Å². The van der Waals surface area contributed by atoms with Crippen molar-refractivity contribution in [3.63, 3.8) is 0 Å². The molecule has 142 valence electrons. The Kier molecular flexibility index (Phi) is 4.24. The summed E-state index contributed by atoms with van der Waals surface area (Å²) in [6.45, 7) is 3.08. The molecule has 0 bridgehead atoms. The van der Waals surface area contributed by atoms with Crippen LogP contribution < -0.4 is 0 Å². The van der Waals surface area contributed by atoms with Crippen LogP contribution in [0.4, 0.5) is 4.39 Å². The summed E-state index contributed by atoms with van der Waals surface area (Å²) in [5.41, 5.74) is 3.00. The fourth-order valence-electron chi connectivity index (χ4n) is 4.53. The Labute approximate surface area is 163 Å². The molecule has 0 saturated carbocycles. The van der Waals surface area contributed by atoms with E-state index in [2.05, 4.69) is 21.6 Å². The van der Waals surface area contributed by atoms with Crippen molar-refractivity contribution < 1.29 is 9.18 Å². The molecule has 2 aromatic carbocycles. The normalized spacial score (nSPS) is 21.6. The molecule has 0 aliphatic carbocycles. The van der Waals surface area contributed by atoms with E-state index in [4.69, 9.17) is 0 Å². The average molecular weight is 375 g/mol. The minimum atomic E-state index is -0.213. The molecule has 2 aliphatic rings. The Hall–Kier alpha value is -2.92. The molecule has 3 heterocycles. The summed E-state index contributed by atoms with van der Waals surface area (Å²) in [5.74, 6) is -0.116. The van der Waals surface area contributed by atoms with Gasteiger partial charge in [-0.05, 0) is 35.4 Å². The highest BCUT2D eigenvalue weighted by Crippen LogP contribution is 2.35. The number of rotatable bonds is 4. The van der Waals surface area contributed by atoms with E-state index in [0.29, 0.717) is 6.54 Å². The molecule has 0 N–H and O–H groups in total. The van der Waals surface area contributed by atoms with Crippen molar-refractivity contribution in [1.29, 1.82) is 0 Å². The van der Waals surface area contributed by atoms with Crippen LogP contribution in [0.5, 0.6) is 0 Å². The third kappa shape index (κ3) is 3.02. The third-order valence-corrected chi connectivity index (χ3v) is 5.87. The van der Waals surface area contributed by atoms with Crippen LogP contribution in [0.3, 0.4) is 0 Å². The summed E-state index contributed by atoms with van der Waals surface area (Å²) in [5, 5.41) is 0. The molecule has 0 spiro atoms. The maximum absolute atomic E-state index is 13.2. The maximum atomic E-state index is 13.2. The lowest BCUT2D eigenvalue weighted by Gasteiger charge is -2.38. The molecular formula is C23H22FN3O. The molecule has 2 atom stereocenters. The number of carbonyl (C=O) groups excluding carboxylic acids is 1. The number of halogens is 1. The van der Waals surface area contributed by atoms with Gasteiger partial charge < -0.3 is 9.47 Å². The molecule has 5 heteroatoms. The summed E-state index contributed by atoms with van der Waals surface area (Å²) in [6.07, 6.45) is 2.02. The lowest BCUT2D eigenvalue weighted by molar-refractivity contribution is 0.0556. The molecule has 2 aliphatic heterocycles. The molecule has 1 amide bonds. The zero-order valence-corrected chi connectivity index (χ0v) is 15.5. The lowest BCUT2D eigenvalue weighted by atomic mass is 10.0. The van der Waals surface area contributed by atoms with Gasteiger partial charge in [-0.3, -0.25) is 9.69 Å². The SMILES string of the molecule is O=C1c2cccn2[C@H]2CN(Cc3ccc(F)cc3)C[C@H]2N1Cc1ccccc1. The summed E-state index contributed by atoms with van der Waals surface area (Å²) in [7, 11) is 0. The smallest absolute Gasteiger partial charge is 0.271 e. The Balaban J connectivity index is 1.42. The molecule has 0 unspecified atom stereocenters. The van der Waals surface area contributed by atoms with Gasteiger partial charge in [0.2, 0.25) is 0 Å². The summed E-state index contributed by atoms with van der Waals surface area (Å²) < 4.78 is 15.3. The Bertz CT molecular complexity index is 983. The van der Waals surface area contributed by atoms with E-state index < -0.39 is 0 Å². The molecule has 3 aromatic rings. The Morgan fingerprint density at radius 3 is 2.32 bits per heavy atom. The van der Waals surface area contributed by atoms with Crippen molar-refractivity contribution in [1.82, 2.24) is 14.4 Å². The van der Waals surface area contributed by atoms with Crippen molar-refractivity contribution in [2.45, 2.75) is 25.2 Å². The number of hydrogen-bond donors (Lipinski definition) is 0. The van der Waals surface area contributed by atoms with Crippen LogP contribution in [0, 0.1) is 5.82 Å². The first-order valence-electron chi connectivity index (χ1n) is 9.67. The second-order valence-corrected chi connectivity index (χ2v) is 7.67. The van der Waals surface area contributed by atoms with Gasteiger partial charge >= 0.3 is 0 Å². The third-order valence-electron chi connectivity index (χ3n) is 5.87. The quantitative estimate of drug-likeness (QED) is 0.696. The fourth-order valence-corrected chi connectivity index (χ4v) is 4.53. The highest BCUT2D eigenvalue weighted by molar-refractivity contribution is 5.94. The number of aromatic nitrogens is 1. The van der Waals surface area contributed by atoms with E-state index in [0.717, 1.165) is 36.5 Å². The first-order valence-corrected chi connectivity index (χ1v) is 9.67.